The first-order valence-electron chi connectivity index (χ1n) is 7.98. The van der Waals surface area contributed by atoms with Gasteiger partial charge in [-0.25, -0.2) is 0 Å². The van der Waals surface area contributed by atoms with Gasteiger partial charge < -0.3 is 9.64 Å². The molecule has 0 atom stereocenters. The molecule has 0 N–H and O–H groups in total. The summed E-state index contributed by atoms with van der Waals surface area (Å²) in [6.45, 7) is 5.73. The molecule has 22 heavy (non-hydrogen) atoms. The molecule has 1 heterocycles. The Morgan fingerprint density at radius 3 is 2.64 bits per heavy atom. The van der Waals surface area contributed by atoms with Crippen LogP contribution in [-0.2, 0) is 9.53 Å². The topological polar surface area (TPSA) is 32.8 Å². The van der Waals surface area contributed by atoms with Crippen molar-refractivity contribution in [3.8, 4) is 0 Å². The summed E-state index contributed by atoms with van der Waals surface area (Å²) in [7, 11) is 2.14. The van der Waals surface area contributed by atoms with Gasteiger partial charge in [0.1, 0.15) is 6.61 Å². The maximum Gasteiger partial charge on any atom is 0.305 e. The molecule has 0 amide bonds. The van der Waals surface area contributed by atoms with E-state index >= 15 is 0 Å². The summed E-state index contributed by atoms with van der Waals surface area (Å²) >= 11 is 1.79. The van der Waals surface area contributed by atoms with Crippen LogP contribution in [0.25, 0.3) is 0 Å². The van der Waals surface area contributed by atoms with Gasteiger partial charge in [-0.1, -0.05) is 18.2 Å². The molecule has 1 aromatic rings. The summed E-state index contributed by atoms with van der Waals surface area (Å²) in [6, 6.07) is 10.3. The zero-order chi connectivity index (χ0) is 15.6. The number of likely N-dealkylation sites (N-methyl/N-ethyl adjacent to an activating group) is 1. The Morgan fingerprint density at radius 2 is 1.91 bits per heavy atom. The van der Waals surface area contributed by atoms with Crippen LogP contribution in [-0.4, -0.2) is 67.9 Å². The molecule has 1 aliphatic rings. The van der Waals surface area contributed by atoms with E-state index in [1.807, 2.05) is 18.2 Å². The first kappa shape index (κ1) is 17.3. The Kier molecular flexibility index (Phi) is 7.77. The van der Waals surface area contributed by atoms with Crippen LogP contribution in [0.4, 0.5) is 0 Å². The van der Waals surface area contributed by atoms with Gasteiger partial charge in [-0.15, -0.1) is 11.8 Å². The van der Waals surface area contributed by atoms with Gasteiger partial charge in [-0.2, -0.15) is 0 Å². The van der Waals surface area contributed by atoms with Crippen molar-refractivity contribution in [1.29, 1.82) is 0 Å². The molecule has 0 bridgehead atoms. The van der Waals surface area contributed by atoms with Gasteiger partial charge >= 0.3 is 5.97 Å². The fourth-order valence-corrected chi connectivity index (χ4v) is 3.23. The minimum atomic E-state index is -0.0669. The fourth-order valence-electron chi connectivity index (χ4n) is 2.36. The van der Waals surface area contributed by atoms with Crippen molar-refractivity contribution < 1.29 is 9.53 Å². The fraction of sp³-hybridized carbons (Fsp3) is 0.588. The molecule has 1 aliphatic heterocycles. The Bertz CT molecular complexity index is 434. The van der Waals surface area contributed by atoms with Crippen LogP contribution in [0.3, 0.4) is 0 Å². The third kappa shape index (κ3) is 6.81. The summed E-state index contributed by atoms with van der Waals surface area (Å²) in [5.74, 6) is 0.889. The lowest BCUT2D eigenvalue weighted by atomic mass is 10.3. The summed E-state index contributed by atoms with van der Waals surface area (Å²) < 4.78 is 5.32. The molecule has 0 spiro atoms. The van der Waals surface area contributed by atoms with E-state index in [1.165, 1.54) is 4.90 Å². The number of hydrogen-bond donors (Lipinski definition) is 0. The Morgan fingerprint density at radius 1 is 1.18 bits per heavy atom. The number of ether oxygens (including phenoxy) is 1. The lowest BCUT2D eigenvalue weighted by Crippen LogP contribution is -2.45. The molecule has 0 saturated carbocycles. The number of rotatable bonds is 8. The average molecular weight is 322 g/mol. The first-order chi connectivity index (χ1) is 10.7. The monoisotopic (exact) mass is 322 g/mol. The number of carbonyl (C=O) groups is 1. The standard InChI is InChI=1S/C17H26N2O2S/c1-18-9-11-19(12-10-18)13-14-21-17(20)8-5-15-22-16-6-3-2-4-7-16/h2-4,6-7H,5,8-15H2,1H3. The quantitative estimate of drug-likeness (QED) is 0.417. The SMILES string of the molecule is CN1CCN(CCOC(=O)CCCSc2ccccc2)CC1. The zero-order valence-electron chi connectivity index (χ0n) is 13.4. The smallest absolute Gasteiger partial charge is 0.305 e. The number of piperazine rings is 1. The number of benzene rings is 1. The summed E-state index contributed by atoms with van der Waals surface area (Å²) in [4.78, 5) is 17.6. The van der Waals surface area contributed by atoms with Crippen molar-refractivity contribution in [3.05, 3.63) is 30.3 Å². The van der Waals surface area contributed by atoms with E-state index in [0.717, 1.165) is 44.9 Å². The molecule has 4 nitrogen and oxygen atoms in total. The third-order valence-corrected chi connectivity index (χ3v) is 4.90. The third-order valence-electron chi connectivity index (χ3n) is 3.80. The van der Waals surface area contributed by atoms with E-state index in [9.17, 15) is 4.79 Å². The van der Waals surface area contributed by atoms with Crippen LogP contribution in [0.2, 0.25) is 0 Å². The zero-order valence-corrected chi connectivity index (χ0v) is 14.2. The van der Waals surface area contributed by atoms with E-state index in [1.54, 1.807) is 11.8 Å². The minimum absolute atomic E-state index is 0.0669. The molecule has 1 fully saturated rings. The van der Waals surface area contributed by atoms with Crippen LogP contribution in [0.1, 0.15) is 12.8 Å². The van der Waals surface area contributed by atoms with Gasteiger partial charge in [0.05, 0.1) is 0 Å². The number of nitrogens with zero attached hydrogens (tertiary/aromatic N) is 2. The van der Waals surface area contributed by atoms with Crippen LogP contribution in [0.5, 0.6) is 0 Å². The second kappa shape index (κ2) is 9.87. The molecular weight excluding hydrogens is 296 g/mol. The van der Waals surface area contributed by atoms with E-state index in [2.05, 4.69) is 29.0 Å². The molecule has 5 heteroatoms. The van der Waals surface area contributed by atoms with Crippen LogP contribution < -0.4 is 0 Å². The second-order valence-corrected chi connectivity index (χ2v) is 6.80. The molecule has 1 saturated heterocycles. The average Bonchev–Trinajstić information content (AvgIpc) is 2.54. The lowest BCUT2D eigenvalue weighted by molar-refractivity contribution is -0.144. The largest absolute Gasteiger partial charge is 0.464 e. The normalized spacial score (nSPS) is 16.6. The summed E-state index contributed by atoms with van der Waals surface area (Å²) in [5, 5.41) is 0. The highest BCUT2D eigenvalue weighted by molar-refractivity contribution is 7.99. The van der Waals surface area contributed by atoms with Crippen LogP contribution >= 0.6 is 11.8 Å². The maximum absolute atomic E-state index is 11.7. The molecule has 0 aromatic heterocycles. The summed E-state index contributed by atoms with van der Waals surface area (Å²) in [6.07, 6.45) is 1.38. The van der Waals surface area contributed by atoms with Crippen molar-refractivity contribution in [3.63, 3.8) is 0 Å². The molecule has 0 aliphatic carbocycles. The number of thioether (sulfide) groups is 1. The predicted molar refractivity (Wildman–Crippen MR) is 91.3 cm³/mol. The van der Waals surface area contributed by atoms with Gasteiger partial charge in [0.15, 0.2) is 0 Å². The molecule has 2 rings (SSSR count). The van der Waals surface area contributed by atoms with Crippen molar-refractivity contribution in [2.45, 2.75) is 17.7 Å². The van der Waals surface area contributed by atoms with Gasteiger partial charge in [0.2, 0.25) is 0 Å². The number of carbonyl (C=O) groups excluding carboxylic acids is 1. The molecule has 0 unspecified atom stereocenters. The van der Waals surface area contributed by atoms with Gasteiger partial charge in [-0.05, 0) is 31.4 Å². The molecule has 0 radical (unpaired) electrons. The highest BCUT2D eigenvalue weighted by Crippen LogP contribution is 2.18. The van der Waals surface area contributed by atoms with Crippen molar-refractivity contribution >= 4 is 17.7 Å². The predicted octanol–water partition coefficient (Wildman–Crippen LogP) is 2.35. The highest BCUT2D eigenvalue weighted by atomic mass is 32.2. The molecule has 122 valence electrons. The van der Waals surface area contributed by atoms with Gasteiger partial charge in [0.25, 0.3) is 0 Å². The van der Waals surface area contributed by atoms with Crippen LogP contribution in [0, 0.1) is 0 Å². The van der Waals surface area contributed by atoms with Crippen molar-refractivity contribution in [2.75, 3.05) is 52.1 Å². The van der Waals surface area contributed by atoms with E-state index in [-0.39, 0.29) is 5.97 Å². The second-order valence-electron chi connectivity index (χ2n) is 5.63. The van der Waals surface area contributed by atoms with E-state index in [4.69, 9.17) is 4.74 Å². The minimum Gasteiger partial charge on any atom is -0.464 e. The Hall–Kier alpha value is -1.04. The lowest BCUT2D eigenvalue weighted by Gasteiger charge is -2.32. The van der Waals surface area contributed by atoms with Crippen LogP contribution in [0.15, 0.2) is 35.2 Å². The number of esters is 1. The molecular formula is C17H26N2O2S. The van der Waals surface area contributed by atoms with E-state index in [0.29, 0.717) is 13.0 Å². The Labute approximate surface area is 137 Å². The van der Waals surface area contributed by atoms with E-state index < -0.39 is 0 Å². The Balaban J connectivity index is 1.47. The maximum atomic E-state index is 11.7. The highest BCUT2D eigenvalue weighted by Gasteiger charge is 2.13. The van der Waals surface area contributed by atoms with Gasteiger partial charge in [0, 0.05) is 44.0 Å². The van der Waals surface area contributed by atoms with Crippen molar-refractivity contribution in [1.82, 2.24) is 9.80 Å². The first-order valence-corrected chi connectivity index (χ1v) is 8.97. The van der Waals surface area contributed by atoms with Gasteiger partial charge in [-0.3, -0.25) is 9.69 Å². The van der Waals surface area contributed by atoms with Crippen molar-refractivity contribution in [2.24, 2.45) is 0 Å². The molecule has 1 aromatic carbocycles. The summed E-state index contributed by atoms with van der Waals surface area (Å²) in [5.41, 5.74) is 0. The number of hydrogen-bond acceptors (Lipinski definition) is 5.